The highest BCUT2D eigenvalue weighted by atomic mass is 16.5. The van der Waals surface area contributed by atoms with E-state index in [0.717, 1.165) is 0 Å². The molecule has 3 amide bonds. The minimum Gasteiger partial charge on any atom is -0.495 e. The van der Waals surface area contributed by atoms with Gasteiger partial charge in [0.1, 0.15) is 18.3 Å². The van der Waals surface area contributed by atoms with Crippen molar-refractivity contribution in [3.05, 3.63) is 23.8 Å². The molecule has 106 valence electrons. The molecule has 2 rings (SSSR count). The van der Waals surface area contributed by atoms with Gasteiger partial charge in [0.2, 0.25) is 11.8 Å². The Morgan fingerprint density at radius 2 is 2.15 bits per heavy atom. The number of methoxy groups -OCH3 is 1. The number of nitrogens with two attached hydrogens (primary N) is 1. The van der Waals surface area contributed by atoms with Crippen LogP contribution in [-0.2, 0) is 9.59 Å². The number of carbonyl (C=O) groups excluding carboxylic acids is 3. The van der Waals surface area contributed by atoms with Crippen LogP contribution in [0.4, 0.5) is 5.69 Å². The van der Waals surface area contributed by atoms with Crippen LogP contribution in [0, 0.1) is 0 Å². The monoisotopic (exact) mass is 277 g/mol. The Balaban J connectivity index is 2.36. The van der Waals surface area contributed by atoms with Crippen LogP contribution in [0.3, 0.4) is 0 Å². The SMILES string of the molecule is COc1cccc(C(=O)N2CC(=O)NC(=O)C2C)c1N. The zero-order valence-corrected chi connectivity index (χ0v) is 11.2. The minimum atomic E-state index is -0.731. The number of amides is 3. The number of benzene rings is 1. The third-order valence-corrected chi connectivity index (χ3v) is 3.20. The molecule has 1 atom stereocenters. The zero-order valence-electron chi connectivity index (χ0n) is 11.2. The fourth-order valence-electron chi connectivity index (χ4n) is 2.03. The van der Waals surface area contributed by atoms with E-state index >= 15 is 0 Å². The molecule has 0 radical (unpaired) electrons. The van der Waals surface area contributed by atoms with Crippen molar-refractivity contribution in [1.29, 1.82) is 0 Å². The lowest BCUT2D eigenvalue weighted by Crippen LogP contribution is -2.58. The first-order chi connectivity index (χ1) is 9.45. The van der Waals surface area contributed by atoms with Crippen molar-refractivity contribution in [3.8, 4) is 5.75 Å². The predicted molar refractivity (Wildman–Crippen MR) is 71.1 cm³/mol. The Morgan fingerprint density at radius 3 is 2.80 bits per heavy atom. The average Bonchev–Trinajstić information content (AvgIpc) is 2.42. The van der Waals surface area contributed by atoms with Crippen LogP contribution in [0.15, 0.2) is 18.2 Å². The number of anilines is 1. The van der Waals surface area contributed by atoms with E-state index in [-0.39, 0.29) is 17.8 Å². The van der Waals surface area contributed by atoms with E-state index in [0.29, 0.717) is 5.75 Å². The Morgan fingerprint density at radius 1 is 1.45 bits per heavy atom. The summed E-state index contributed by atoms with van der Waals surface area (Å²) in [7, 11) is 1.44. The van der Waals surface area contributed by atoms with Gasteiger partial charge >= 0.3 is 0 Å². The number of para-hydroxylation sites is 1. The molecular formula is C13H15N3O4. The summed E-state index contributed by atoms with van der Waals surface area (Å²) in [5.74, 6) is -1.12. The highest BCUT2D eigenvalue weighted by Crippen LogP contribution is 2.26. The summed E-state index contributed by atoms with van der Waals surface area (Å²) in [6.45, 7) is 1.37. The van der Waals surface area contributed by atoms with Crippen molar-refractivity contribution in [2.45, 2.75) is 13.0 Å². The van der Waals surface area contributed by atoms with Crippen molar-refractivity contribution in [2.24, 2.45) is 0 Å². The first-order valence-corrected chi connectivity index (χ1v) is 6.03. The number of carbonyl (C=O) groups is 3. The quantitative estimate of drug-likeness (QED) is 0.574. The molecule has 1 aromatic carbocycles. The van der Waals surface area contributed by atoms with Gasteiger partial charge in [-0.2, -0.15) is 0 Å². The summed E-state index contributed by atoms with van der Waals surface area (Å²) in [6, 6.07) is 4.05. The van der Waals surface area contributed by atoms with Crippen molar-refractivity contribution in [2.75, 3.05) is 19.4 Å². The average molecular weight is 277 g/mol. The molecule has 7 heteroatoms. The number of rotatable bonds is 2. The van der Waals surface area contributed by atoms with Gasteiger partial charge < -0.3 is 15.4 Å². The van der Waals surface area contributed by atoms with Gasteiger partial charge in [-0.1, -0.05) is 6.07 Å². The molecule has 0 aromatic heterocycles. The summed E-state index contributed by atoms with van der Waals surface area (Å²) in [4.78, 5) is 36.6. The molecule has 0 spiro atoms. The van der Waals surface area contributed by atoms with Gasteiger partial charge in [0.15, 0.2) is 0 Å². The lowest BCUT2D eigenvalue weighted by molar-refractivity contribution is -0.138. The first kappa shape index (κ1) is 13.9. The molecule has 1 unspecified atom stereocenters. The summed E-state index contributed by atoms with van der Waals surface area (Å²) >= 11 is 0. The number of nitrogen functional groups attached to an aromatic ring is 1. The Labute approximate surface area is 115 Å². The zero-order chi connectivity index (χ0) is 14.9. The maximum Gasteiger partial charge on any atom is 0.257 e. The van der Waals surface area contributed by atoms with E-state index in [1.807, 2.05) is 0 Å². The third-order valence-electron chi connectivity index (χ3n) is 3.20. The molecule has 1 aromatic rings. The summed E-state index contributed by atoms with van der Waals surface area (Å²) < 4.78 is 5.05. The van der Waals surface area contributed by atoms with Gasteiger partial charge in [0.05, 0.1) is 18.4 Å². The second-order valence-corrected chi connectivity index (χ2v) is 4.44. The van der Waals surface area contributed by atoms with Crippen molar-refractivity contribution >= 4 is 23.4 Å². The van der Waals surface area contributed by atoms with E-state index in [1.165, 1.54) is 18.1 Å². The molecule has 3 N–H and O–H groups in total. The standard InChI is InChI=1S/C13H15N3O4/c1-7-12(18)15-10(17)6-16(7)13(19)8-4-3-5-9(20-2)11(8)14/h3-5,7H,6,14H2,1-2H3,(H,15,17,18). The molecule has 1 fully saturated rings. The third kappa shape index (κ3) is 2.29. The van der Waals surface area contributed by atoms with Gasteiger partial charge in [0.25, 0.3) is 5.91 Å². The molecule has 20 heavy (non-hydrogen) atoms. The van der Waals surface area contributed by atoms with Gasteiger partial charge in [-0.3, -0.25) is 19.7 Å². The summed E-state index contributed by atoms with van der Waals surface area (Å²) in [5, 5.41) is 2.17. The van der Waals surface area contributed by atoms with Crippen LogP contribution in [0.1, 0.15) is 17.3 Å². The molecule has 0 aliphatic carbocycles. The van der Waals surface area contributed by atoms with E-state index in [1.54, 1.807) is 19.1 Å². The smallest absolute Gasteiger partial charge is 0.257 e. The van der Waals surface area contributed by atoms with Gasteiger partial charge in [-0.15, -0.1) is 0 Å². The summed E-state index contributed by atoms with van der Waals surface area (Å²) in [5.41, 5.74) is 6.25. The Hall–Kier alpha value is -2.57. The van der Waals surface area contributed by atoms with Crippen LogP contribution < -0.4 is 15.8 Å². The van der Waals surface area contributed by atoms with Crippen LogP contribution in [-0.4, -0.2) is 42.3 Å². The van der Waals surface area contributed by atoms with Gasteiger partial charge in [-0.25, -0.2) is 0 Å². The highest BCUT2D eigenvalue weighted by Gasteiger charge is 2.34. The molecule has 1 heterocycles. The van der Waals surface area contributed by atoms with E-state index in [2.05, 4.69) is 5.32 Å². The van der Waals surface area contributed by atoms with Crippen molar-refractivity contribution < 1.29 is 19.1 Å². The largest absolute Gasteiger partial charge is 0.495 e. The van der Waals surface area contributed by atoms with Crippen LogP contribution in [0.25, 0.3) is 0 Å². The number of hydrogen-bond acceptors (Lipinski definition) is 5. The van der Waals surface area contributed by atoms with E-state index in [9.17, 15) is 14.4 Å². The predicted octanol–water partition coefficient (Wildman–Crippen LogP) is -0.235. The second-order valence-electron chi connectivity index (χ2n) is 4.44. The highest BCUT2D eigenvalue weighted by molar-refractivity contribution is 6.08. The lowest BCUT2D eigenvalue weighted by atomic mass is 10.1. The van der Waals surface area contributed by atoms with Gasteiger partial charge in [-0.05, 0) is 19.1 Å². The van der Waals surface area contributed by atoms with Crippen LogP contribution in [0.5, 0.6) is 5.75 Å². The maximum atomic E-state index is 12.4. The minimum absolute atomic E-state index is 0.178. The Bertz CT molecular complexity index is 585. The molecule has 1 aliphatic rings. The molecule has 1 aliphatic heterocycles. The fraction of sp³-hybridized carbons (Fsp3) is 0.308. The number of nitrogens with zero attached hydrogens (tertiary/aromatic N) is 1. The number of imide groups is 1. The second kappa shape index (κ2) is 5.20. The molecular weight excluding hydrogens is 262 g/mol. The Kier molecular flexibility index (Phi) is 3.60. The van der Waals surface area contributed by atoms with Crippen molar-refractivity contribution in [1.82, 2.24) is 10.2 Å². The first-order valence-electron chi connectivity index (χ1n) is 6.03. The molecule has 0 saturated carbocycles. The van der Waals surface area contributed by atoms with Crippen molar-refractivity contribution in [3.63, 3.8) is 0 Å². The topological polar surface area (TPSA) is 102 Å². The number of ether oxygens (including phenoxy) is 1. The molecule has 0 bridgehead atoms. The van der Waals surface area contributed by atoms with Crippen LogP contribution in [0.2, 0.25) is 0 Å². The fourth-order valence-corrected chi connectivity index (χ4v) is 2.03. The summed E-state index contributed by atoms with van der Waals surface area (Å²) in [6.07, 6.45) is 0. The van der Waals surface area contributed by atoms with E-state index < -0.39 is 23.8 Å². The van der Waals surface area contributed by atoms with Gasteiger partial charge in [0, 0.05) is 0 Å². The number of piperazine rings is 1. The van der Waals surface area contributed by atoms with Crippen LogP contribution >= 0.6 is 0 Å². The van der Waals surface area contributed by atoms with E-state index in [4.69, 9.17) is 10.5 Å². The number of hydrogen-bond donors (Lipinski definition) is 2. The molecule has 1 saturated heterocycles. The maximum absolute atomic E-state index is 12.4. The molecule has 7 nitrogen and oxygen atoms in total. The lowest BCUT2D eigenvalue weighted by Gasteiger charge is -2.32. The normalized spacial score (nSPS) is 18.7. The number of nitrogens with one attached hydrogen (secondary N) is 1.